The molecule has 0 unspecified atom stereocenters. The molecule has 5 heteroatoms. The topological polar surface area (TPSA) is 0 Å². The number of allylic oxidation sites excluding steroid dienone is 1. The molecule has 2 aromatic heterocycles. The number of thiophene rings is 2. The van der Waals surface area contributed by atoms with Gasteiger partial charge in [0.15, 0.2) is 6.71 Å². The Kier molecular flexibility index (Phi) is 6.07. The zero-order valence-electron chi connectivity index (χ0n) is 17.1. The lowest BCUT2D eigenvalue weighted by molar-refractivity contribution is 0.602. The SMILES string of the molecule is CSC(=C1CCCCC1)c1sc(-c2scc3c2CCCB3C)c2c1CCCS2. The third-order valence-corrected chi connectivity index (χ3v) is 11.5. The van der Waals surface area contributed by atoms with Gasteiger partial charge in [-0.05, 0) is 73.5 Å². The van der Waals surface area contributed by atoms with Crippen LogP contribution in [-0.4, -0.2) is 18.7 Å². The van der Waals surface area contributed by atoms with Crippen molar-refractivity contribution in [3.8, 4) is 9.75 Å². The molecule has 0 aromatic carbocycles. The second kappa shape index (κ2) is 8.57. The summed E-state index contributed by atoms with van der Waals surface area (Å²) in [6, 6.07) is 0. The van der Waals surface area contributed by atoms with Crippen LogP contribution >= 0.6 is 46.2 Å². The summed E-state index contributed by atoms with van der Waals surface area (Å²) < 4.78 is 0. The predicted molar refractivity (Wildman–Crippen MR) is 135 cm³/mol. The lowest BCUT2D eigenvalue weighted by Gasteiger charge is -2.20. The molecule has 3 aliphatic rings. The van der Waals surface area contributed by atoms with Gasteiger partial charge in [0.2, 0.25) is 0 Å². The first-order chi connectivity index (χ1) is 13.8. The maximum atomic E-state index is 2.49. The van der Waals surface area contributed by atoms with Crippen molar-refractivity contribution in [2.75, 3.05) is 12.0 Å². The zero-order chi connectivity index (χ0) is 19.1. The van der Waals surface area contributed by atoms with Gasteiger partial charge in [-0.2, -0.15) is 0 Å². The number of fused-ring (bicyclic) bond motifs is 2. The maximum Gasteiger partial charge on any atom is 0.174 e. The van der Waals surface area contributed by atoms with Crippen molar-refractivity contribution >= 4 is 63.3 Å². The van der Waals surface area contributed by atoms with E-state index >= 15 is 0 Å². The second-order valence-corrected chi connectivity index (χ2v) is 12.3. The Morgan fingerprint density at radius 1 is 0.964 bits per heavy atom. The lowest BCUT2D eigenvalue weighted by Crippen LogP contribution is -2.31. The summed E-state index contributed by atoms with van der Waals surface area (Å²) >= 11 is 8.35. The molecule has 2 aliphatic heterocycles. The van der Waals surface area contributed by atoms with Crippen LogP contribution in [0.1, 0.15) is 60.9 Å². The summed E-state index contributed by atoms with van der Waals surface area (Å²) in [6.45, 7) is 3.18. The van der Waals surface area contributed by atoms with Gasteiger partial charge in [0.25, 0.3) is 0 Å². The van der Waals surface area contributed by atoms with Gasteiger partial charge in [-0.3, -0.25) is 0 Å². The molecular weight excluding hydrogens is 415 g/mol. The van der Waals surface area contributed by atoms with Crippen molar-refractivity contribution in [1.82, 2.24) is 0 Å². The standard InChI is InChI=1S/C23H29BS4/c1-24-12-6-10-16-18(24)14-27-20(16)23-21-17(11-7-13-26-21)22(28-23)19(25-2)15-8-4-3-5-9-15/h14H,3-13H2,1-2H3. The van der Waals surface area contributed by atoms with Crippen LogP contribution in [0.25, 0.3) is 14.7 Å². The summed E-state index contributed by atoms with van der Waals surface area (Å²) in [6.07, 6.45) is 15.8. The molecule has 0 saturated heterocycles. The van der Waals surface area contributed by atoms with E-state index in [1.807, 2.05) is 23.1 Å². The molecule has 1 aliphatic carbocycles. The van der Waals surface area contributed by atoms with Crippen LogP contribution in [-0.2, 0) is 12.8 Å². The average molecular weight is 445 g/mol. The number of rotatable bonds is 3. The van der Waals surface area contributed by atoms with Gasteiger partial charge in [0, 0.05) is 19.6 Å². The van der Waals surface area contributed by atoms with Gasteiger partial charge in [-0.1, -0.05) is 37.0 Å². The maximum absolute atomic E-state index is 2.49. The van der Waals surface area contributed by atoms with Crippen LogP contribution < -0.4 is 5.46 Å². The van der Waals surface area contributed by atoms with E-state index in [1.165, 1.54) is 69.9 Å². The van der Waals surface area contributed by atoms with Gasteiger partial charge in [0.05, 0.1) is 4.88 Å². The van der Waals surface area contributed by atoms with Gasteiger partial charge in [0.1, 0.15) is 0 Å². The summed E-state index contributed by atoms with van der Waals surface area (Å²) in [7, 11) is 0. The highest BCUT2D eigenvalue weighted by Crippen LogP contribution is 2.52. The fourth-order valence-electron chi connectivity index (χ4n) is 5.19. The second-order valence-electron chi connectivity index (χ2n) is 8.51. The first-order valence-corrected chi connectivity index (χ1v) is 14.8. The molecular formula is C23H29BS4. The van der Waals surface area contributed by atoms with Gasteiger partial charge < -0.3 is 0 Å². The quantitative estimate of drug-likeness (QED) is 0.443. The molecule has 0 spiro atoms. The normalized spacial score (nSPS) is 19.5. The molecule has 0 bridgehead atoms. The predicted octanol–water partition coefficient (Wildman–Crippen LogP) is 7.83. The van der Waals surface area contributed by atoms with E-state index in [2.05, 4.69) is 41.6 Å². The molecule has 5 rings (SSSR count). The Balaban J connectivity index is 1.65. The van der Waals surface area contributed by atoms with Crippen molar-refractivity contribution in [2.24, 2.45) is 0 Å². The van der Waals surface area contributed by atoms with Crippen LogP contribution in [0.15, 0.2) is 15.8 Å². The van der Waals surface area contributed by atoms with Crippen molar-refractivity contribution in [3.63, 3.8) is 0 Å². The molecule has 1 fully saturated rings. The van der Waals surface area contributed by atoms with Crippen LogP contribution in [0.3, 0.4) is 0 Å². The molecule has 4 heterocycles. The Morgan fingerprint density at radius 2 is 1.79 bits per heavy atom. The molecule has 148 valence electrons. The molecule has 28 heavy (non-hydrogen) atoms. The van der Waals surface area contributed by atoms with Crippen LogP contribution in [0.2, 0.25) is 13.1 Å². The third-order valence-electron chi connectivity index (χ3n) is 6.69. The molecule has 0 amide bonds. The van der Waals surface area contributed by atoms with E-state index in [9.17, 15) is 0 Å². The third kappa shape index (κ3) is 3.48. The van der Waals surface area contributed by atoms with Gasteiger partial charge in [-0.15, -0.1) is 46.2 Å². The Bertz CT molecular complexity index is 896. The number of hydrogen-bond acceptors (Lipinski definition) is 4. The van der Waals surface area contributed by atoms with Gasteiger partial charge in [-0.25, -0.2) is 0 Å². The molecule has 0 N–H and O–H groups in total. The molecule has 2 aromatic rings. The Hall–Kier alpha value is -0.0951. The first kappa shape index (κ1) is 19.8. The largest absolute Gasteiger partial charge is 0.174 e. The fraction of sp³-hybridized carbons (Fsp3) is 0.565. The minimum atomic E-state index is 0.753. The van der Waals surface area contributed by atoms with Crippen LogP contribution in [0.5, 0.6) is 0 Å². The van der Waals surface area contributed by atoms with Crippen LogP contribution in [0.4, 0.5) is 0 Å². The fourth-order valence-corrected chi connectivity index (χ4v) is 10.6. The minimum Gasteiger partial charge on any atom is -0.143 e. The van der Waals surface area contributed by atoms with Crippen molar-refractivity contribution < 1.29 is 0 Å². The molecule has 0 atom stereocenters. The molecule has 0 radical (unpaired) electrons. The Morgan fingerprint density at radius 3 is 2.61 bits per heavy atom. The molecule has 1 saturated carbocycles. The minimum absolute atomic E-state index is 0.753. The summed E-state index contributed by atoms with van der Waals surface area (Å²) in [5, 5.41) is 2.49. The highest BCUT2D eigenvalue weighted by atomic mass is 32.2. The van der Waals surface area contributed by atoms with Crippen molar-refractivity contribution in [2.45, 2.75) is 75.8 Å². The van der Waals surface area contributed by atoms with E-state index in [-0.39, 0.29) is 0 Å². The van der Waals surface area contributed by atoms with Crippen molar-refractivity contribution in [1.29, 1.82) is 0 Å². The van der Waals surface area contributed by atoms with E-state index in [4.69, 9.17) is 0 Å². The van der Waals surface area contributed by atoms with E-state index in [0.717, 1.165) is 6.71 Å². The highest BCUT2D eigenvalue weighted by molar-refractivity contribution is 8.08. The highest BCUT2D eigenvalue weighted by Gasteiger charge is 2.30. The van der Waals surface area contributed by atoms with E-state index < -0.39 is 0 Å². The monoisotopic (exact) mass is 444 g/mol. The van der Waals surface area contributed by atoms with E-state index in [0.29, 0.717) is 0 Å². The summed E-state index contributed by atoms with van der Waals surface area (Å²) in [5.41, 5.74) is 6.81. The zero-order valence-corrected chi connectivity index (χ0v) is 20.3. The first-order valence-electron chi connectivity index (χ1n) is 10.9. The van der Waals surface area contributed by atoms with Crippen LogP contribution in [0, 0.1) is 0 Å². The van der Waals surface area contributed by atoms with Gasteiger partial charge >= 0.3 is 0 Å². The Labute approximate surface area is 187 Å². The van der Waals surface area contributed by atoms with Crippen molar-refractivity contribution in [3.05, 3.63) is 27.0 Å². The van der Waals surface area contributed by atoms with E-state index in [1.54, 1.807) is 46.6 Å². The molecule has 0 nitrogen and oxygen atoms in total. The summed E-state index contributed by atoms with van der Waals surface area (Å²) in [4.78, 5) is 8.19. The number of hydrogen-bond donors (Lipinski definition) is 0. The summed E-state index contributed by atoms with van der Waals surface area (Å²) in [5.74, 6) is 1.30. The average Bonchev–Trinajstić information content (AvgIpc) is 3.32. The lowest BCUT2D eigenvalue weighted by atomic mass is 9.41. The smallest absolute Gasteiger partial charge is 0.143 e. The number of thioether (sulfide) groups is 2.